The van der Waals surface area contributed by atoms with E-state index in [2.05, 4.69) is 22.1 Å². The predicted octanol–water partition coefficient (Wildman–Crippen LogP) is 1.29. The van der Waals surface area contributed by atoms with Gasteiger partial charge in [0.25, 0.3) is 0 Å². The Morgan fingerprint density at radius 2 is 2.08 bits per heavy atom. The van der Waals surface area contributed by atoms with E-state index in [1.165, 1.54) is 6.21 Å². The average molecular weight is 333 g/mol. The summed E-state index contributed by atoms with van der Waals surface area (Å²) in [5.74, 6) is -0.330. The van der Waals surface area contributed by atoms with Crippen LogP contribution in [0.1, 0.15) is 5.56 Å². The van der Waals surface area contributed by atoms with Crippen molar-refractivity contribution in [3.8, 4) is 5.75 Å². The molecule has 1 heterocycles. The molecule has 0 radical (unpaired) electrons. The molecule has 1 aromatic rings. The monoisotopic (exact) mass is 333 g/mol. The van der Waals surface area contributed by atoms with E-state index in [-0.39, 0.29) is 17.4 Å². The van der Waals surface area contributed by atoms with Gasteiger partial charge in [-0.3, -0.25) is 5.43 Å². The first-order valence-corrected chi connectivity index (χ1v) is 7.37. The lowest BCUT2D eigenvalue weighted by Gasteiger charge is -2.29. The number of nitrogens with zero attached hydrogens (tertiary/aromatic N) is 3. The Hall–Kier alpha value is -2.87. The van der Waals surface area contributed by atoms with Gasteiger partial charge in [-0.1, -0.05) is 18.7 Å². The van der Waals surface area contributed by atoms with Crippen LogP contribution in [0.2, 0.25) is 0 Å². The lowest BCUT2D eigenvalue weighted by molar-refractivity contribution is 0.0676. The van der Waals surface area contributed by atoms with E-state index in [9.17, 15) is 9.50 Å². The van der Waals surface area contributed by atoms with Gasteiger partial charge < -0.3 is 20.5 Å². The average Bonchev–Trinajstić information content (AvgIpc) is 2.61. The molecule has 7 nitrogen and oxygen atoms in total. The molecule has 1 aliphatic heterocycles. The molecule has 24 heavy (non-hydrogen) atoms. The minimum Gasteiger partial charge on any atom is -0.507 e. The number of aromatic hydroxyl groups is 1. The number of amidine groups is 1. The van der Waals surface area contributed by atoms with Gasteiger partial charge in [-0.2, -0.15) is 5.10 Å². The zero-order valence-corrected chi connectivity index (χ0v) is 13.2. The van der Waals surface area contributed by atoms with Gasteiger partial charge in [-0.25, -0.2) is 9.38 Å². The fourth-order valence-electron chi connectivity index (χ4n) is 2.05. The maximum atomic E-state index is 14.0. The second-order valence-corrected chi connectivity index (χ2v) is 4.92. The summed E-state index contributed by atoms with van der Waals surface area (Å²) in [5, 5.41) is 13.6. The Kier molecular flexibility index (Phi) is 6.32. The predicted molar refractivity (Wildman–Crippen MR) is 91.2 cm³/mol. The quantitative estimate of drug-likeness (QED) is 0.429. The van der Waals surface area contributed by atoms with Gasteiger partial charge in [0, 0.05) is 24.9 Å². The topological polar surface area (TPSA) is 95.5 Å². The summed E-state index contributed by atoms with van der Waals surface area (Å²) in [7, 11) is 0. The molecule has 1 fully saturated rings. The maximum Gasteiger partial charge on any atom is 0.181 e. The first-order chi connectivity index (χ1) is 11.6. The second-order valence-electron chi connectivity index (χ2n) is 4.92. The molecular weight excluding hydrogens is 313 g/mol. The summed E-state index contributed by atoms with van der Waals surface area (Å²) in [4.78, 5) is 5.83. The molecule has 1 aromatic carbocycles. The summed E-state index contributed by atoms with van der Waals surface area (Å²) in [5.41, 5.74) is 8.39. The van der Waals surface area contributed by atoms with Crippen molar-refractivity contribution in [1.82, 2.24) is 10.3 Å². The molecule has 0 atom stereocenters. The Labute approximate surface area is 139 Å². The number of nitrogens with one attached hydrogen (secondary N) is 1. The van der Waals surface area contributed by atoms with Crippen molar-refractivity contribution in [2.24, 2.45) is 15.8 Å². The zero-order chi connectivity index (χ0) is 17.4. The molecule has 0 saturated carbocycles. The van der Waals surface area contributed by atoms with Crippen molar-refractivity contribution in [2.75, 3.05) is 26.3 Å². The highest BCUT2D eigenvalue weighted by Gasteiger charge is 2.19. The van der Waals surface area contributed by atoms with E-state index >= 15 is 0 Å². The van der Waals surface area contributed by atoms with Gasteiger partial charge in [0.2, 0.25) is 0 Å². The van der Waals surface area contributed by atoms with Crippen molar-refractivity contribution < 1.29 is 14.2 Å². The first kappa shape index (κ1) is 17.5. The molecule has 0 aliphatic carbocycles. The van der Waals surface area contributed by atoms with Crippen LogP contribution in [0.15, 0.2) is 58.8 Å². The molecule has 0 amide bonds. The van der Waals surface area contributed by atoms with Crippen molar-refractivity contribution in [1.29, 1.82) is 0 Å². The van der Waals surface area contributed by atoms with Crippen molar-refractivity contribution >= 4 is 12.1 Å². The van der Waals surface area contributed by atoms with Gasteiger partial charge in [-0.15, -0.1) is 0 Å². The zero-order valence-electron chi connectivity index (χ0n) is 13.2. The standard InChI is InChI=1S/C16H20FN5O2/c1-12(21-19-11-13-4-2-3-5-15(13)23)20-16(14(17)10-18)22-6-8-24-9-7-22/h2-5,10-11,21,23H,1,6-9,18H2/b14-10+,19-11+,20-16?. The normalized spacial score (nSPS) is 16.5. The number of morpholine rings is 1. The fraction of sp³-hybridized carbons (Fsp3) is 0.250. The van der Waals surface area contributed by atoms with Crippen LogP contribution in [0.4, 0.5) is 4.39 Å². The van der Waals surface area contributed by atoms with Crippen LogP contribution in [0.25, 0.3) is 0 Å². The molecule has 0 bridgehead atoms. The Morgan fingerprint density at radius 3 is 2.75 bits per heavy atom. The number of hydrazone groups is 1. The molecule has 128 valence electrons. The minimum atomic E-state index is -0.649. The number of ether oxygens (including phenoxy) is 1. The summed E-state index contributed by atoms with van der Waals surface area (Å²) in [6, 6.07) is 6.72. The van der Waals surface area contributed by atoms with Crippen LogP contribution in [0.3, 0.4) is 0 Å². The molecule has 0 spiro atoms. The third-order valence-corrected chi connectivity index (χ3v) is 3.25. The Bertz CT molecular complexity index is 666. The van der Waals surface area contributed by atoms with Crippen LogP contribution in [-0.2, 0) is 4.74 Å². The maximum absolute atomic E-state index is 14.0. The lowest BCUT2D eigenvalue weighted by Crippen LogP contribution is -2.41. The smallest absolute Gasteiger partial charge is 0.181 e. The highest BCUT2D eigenvalue weighted by atomic mass is 19.1. The Morgan fingerprint density at radius 1 is 1.38 bits per heavy atom. The minimum absolute atomic E-state index is 0.0797. The van der Waals surface area contributed by atoms with Gasteiger partial charge in [-0.05, 0) is 12.1 Å². The molecule has 8 heteroatoms. The third-order valence-electron chi connectivity index (χ3n) is 3.25. The first-order valence-electron chi connectivity index (χ1n) is 7.37. The van der Waals surface area contributed by atoms with Crippen molar-refractivity contribution in [2.45, 2.75) is 0 Å². The van der Waals surface area contributed by atoms with E-state index in [0.29, 0.717) is 31.9 Å². The van der Waals surface area contributed by atoms with E-state index in [1.54, 1.807) is 29.2 Å². The number of hydrogen-bond donors (Lipinski definition) is 3. The molecule has 1 aliphatic rings. The Balaban J connectivity index is 2.05. The number of nitrogens with two attached hydrogens (primary N) is 1. The van der Waals surface area contributed by atoms with Crippen molar-refractivity contribution in [3.05, 3.63) is 54.3 Å². The van der Waals surface area contributed by atoms with E-state index in [4.69, 9.17) is 10.5 Å². The summed E-state index contributed by atoms with van der Waals surface area (Å²) < 4.78 is 19.2. The number of phenolic OH excluding ortho intramolecular Hbond substituents is 1. The number of rotatable bonds is 5. The van der Waals surface area contributed by atoms with Crippen molar-refractivity contribution in [3.63, 3.8) is 0 Å². The molecule has 4 N–H and O–H groups in total. The highest BCUT2D eigenvalue weighted by molar-refractivity contribution is 5.96. The molecular formula is C16H20FN5O2. The highest BCUT2D eigenvalue weighted by Crippen LogP contribution is 2.13. The van der Waals surface area contributed by atoms with Crippen LogP contribution >= 0.6 is 0 Å². The summed E-state index contributed by atoms with van der Waals surface area (Å²) in [6.07, 6.45) is 2.27. The van der Waals surface area contributed by atoms with Gasteiger partial charge in [0.05, 0.1) is 19.4 Å². The van der Waals surface area contributed by atoms with Gasteiger partial charge in [0.15, 0.2) is 11.7 Å². The van der Waals surface area contributed by atoms with Gasteiger partial charge in [0.1, 0.15) is 11.6 Å². The number of benzene rings is 1. The van der Waals surface area contributed by atoms with Gasteiger partial charge >= 0.3 is 0 Å². The SMILES string of the molecule is C=C(N=C(/C(F)=C\N)N1CCOCC1)N/N=C/c1ccccc1O. The summed E-state index contributed by atoms with van der Waals surface area (Å²) >= 11 is 0. The number of halogens is 1. The number of para-hydroxylation sites is 1. The molecule has 1 saturated heterocycles. The lowest BCUT2D eigenvalue weighted by atomic mass is 10.2. The van der Waals surface area contributed by atoms with E-state index in [1.807, 2.05) is 0 Å². The van der Waals surface area contributed by atoms with Crippen LogP contribution in [0.5, 0.6) is 5.75 Å². The number of phenols is 1. The van der Waals surface area contributed by atoms with E-state index in [0.717, 1.165) is 6.20 Å². The molecule has 0 unspecified atom stereocenters. The molecule has 0 aromatic heterocycles. The number of hydrogen-bond acceptors (Lipinski definition) is 6. The second kappa shape index (κ2) is 8.68. The van der Waals surface area contributed by atoms with Crippen LogP contribution in [-0.4, -0.2) is 48.4 Å². The summed E-state index contributed by atoms with van der Waals surface area (Å²) in [6.45, 7) is 5.69. The molecule has 2 rings (SSSR count). The van der Waals surface area contributed by atoms with Crippen LogP contribution in [0, 0.1) is 0 Å². The fourth-order valence-corrected chi connectivity index (χ4v) is 2.05. The number of aliphatic imine (C=N–C) groups is 1. The third kappa shape index (κ3) is 4.82. The largest absolute Gasteiger partial charge is 0.507 e. The van der Waals surface area contributed by atoms with E-state index < -0.39 is 5.83 Å². The van der Waals surface area contributed by atoms with Crippen LogP contribution < -0.4 is 11.2 Å².